The summed E-state index contributed by atoms with van der Waals surface area (Å²) < 4.78 is 11.1. The molecule has 0 radical (unpaired) electrons. The molecule has 32 heavy (non-hydrogen) atoms. The summed E-state index contributed by atoms with van der Waals surface area (Å²) in [6.07, 6.45) is 1.28. The van der Waals surface area contributed by atoms with Crippen molar-refractivity contribution in [3.05, 3.63) is 54.6 Å². The smallest absolute Gasteiger partial charge is 0.409 e. The monoisotopic (exact) mass is 439 g/mol. The van der Waals surface area contributed by atoms with Gasteiger partial charge in [0.25, 0.3) is 0 Å². The minimum atomic E-state index is -0.252. The molecule has 0 aromatic heterocycles. The van der Waals surface area contributed by atoms with Gasteiger partial charge in [0.1, 0.15) is 11.5 Å². The highest BCUT2D eigenvalue weighted by molar-refractivity contribution is 5.92. The highest BCUT2D eigenvalue weighted by Crippen LogP contribution is 2.24. The lowest BCUT2D eigenvalue weighted by atomic mass is 9.90. The Labute approximate surface area is 190 Å². The summed E-state index contributed by atoms with van der Waals surface area (Å²) >= 11 is 0. The van der Waals surface area contributed by atoms with Crippen LogP contribution < -0.4 is 15.4 Å². The molecule has 2 aromatic carbocycles. The number of carbonyl (C=O) groups excluding carboxylic acids is 2. The third kappa shape index (κ3) is 7.27. The van der Waals surface area contributed by atoms with E-state index >= 15 is 0 Å². The van der Waals surface area contributed by atoms with Crippen LogP contribution in [-0.2, 0) is 9.53 Å². The standard InChI is InChI=1S/C25H33N3O4/c1-19(2)18-31-24(30)28-15-13-25(3,14-16-28)26-17-23(29)27-20-9-11-22(12-10-20)32-21-7-5-4-6-8-21/h4-12,19,26H,13-18H2,1-3H3,(H,27,29). The molecule has 1 heterocycles. The first kappa shape index (κ1) is 23.6. The molecule has 3 rings (SSSR count). The lowest BCUT2D eigenvalue weighted by molar-refractivity contribution is -0.115. The molecule has 0 bridgehead atoms. The molecule has 0 saturated carbocycles. The molecule has 1 aliphatic rings. The summed E-state index contributed by atoms with van der Waals surface area (Å²) in [6.45, 7) is 7.99. The fourth-order valence-corrected chi connectivity index (χ4v) is 3.42. The van der Waals surface area contributed by atoms with Crippen LogP contribution in [0.1, 0.15) is 33.6 Å². The van der Waals surface area contributed by atoms with Crippen LogP contribution in [-0.4, -0.2) is 48.7 Å². The third-order valence-electron chi connectivity index (χ3n) is 5.46. The summed E-state index contributed by atoms with van der Waals surface area (Å²) in [5, 5.41) is 6.26. The molecule has 7 heteroatoms. The first-order chi connectivity index (χ1) is 15.3. The molecule has 0 unspecified atom stereocenters. The summed E-state index contributed by atoms with van der Waals surface area (Å²) in [7, 11) is 0. The Morgan fingerprint density at radius 2 is 1.62 bits per heavy atom. The van der Waals surface area contributed by atoms with Crippen LogP contribution in [0.4, 0.5) is 10.5 Å². The van der Waals surface area contributed by atoms with Gasteiger partial charge in [-0.05, 0) is 62.1 Å². The fraction of sp³-hybridized carbons (Fsp3) is 0.440. The summed E-state index contributed by atoms with van der Waals surface area (Å²) in [6, 6.07) is 16.8. The average molecular weight is 440 g/mol. The van der Waals surface area contributed by atoms with Crippen molar-refractivity contribution in [3.8, 4) is 11.5 Å². The molecule has 2 amide bonds. The molecular weight excluding hydrogens is 406 g/mol. The Hall–Kier alpha value is -3.06. The largest absolute Gasteiger partial charge is 0.457 e. The van der Waals surface area contributed by atoms with Gasteiger partial charge in [0, 0.05) is 24.3 Å². The van der Waals surface area contributed by atoms with E-state index in [1.807, 2.05) is 68.4 Å². The maximum atomic E-state index is 12.4. The van der Waals surface area contributed by atoms with Crippen LogP contribution in [0.3, 0.4) is 0 Å². The molecular formula is C25H33N3O4. The molecule has 2 aromatic rings. The fourth-order valence-electron chi connectivity index (χ4n) is 3.42. The Bertz CT molecular complexity index is 876. The van der Waals surface area contributed by atoms with E-state index in [4.69, 9.17) is 9.47 Å². The van der Waals surface area contributed by atoms with Gasteiger partial charge in [0.15, 0.2) is 0 Å². The number of hydrogen-bond donors (Lipinski definition) is 2. The predicted octanol–water partition coefficient (Wildman–Crippen LogP) is 4.65. The van der Waals surface area contributed by atoms with Gasteiger partial charge in [-0.2, -0.15) is 0 Å². The van der Waals surface area contributed by atoms with Gasteiger partial charge >= 0.3 is 6.09 Å². The zero-order valence-electron chi connectivity index (χ0n) is 19.1. The minimum Gasteiger partial charge on any atom is -0.457 e. The van der Waals surface area contributed by atoms with E-state index in [0.717, 1.165) is 18.6 Å². The molecule has 0 atom stereocenters. The van der Waals surface area contributed by atoms with Gasteiger partial charge in [-0.3, -0.25) is 4.79 Å². The number of ether oxygens (including phenoxy) is 2. The van der Waals surface area contributed by atoms with Crippen LogP contribution >= 0.6 is 0 Å². The third-order valence-corrected chi connectivity index (χ3v) is 5.46. The number of anilines is 1. The number of hydrogen-bond acceptors (Lipinski definition) is 5. The molecule has 172 valence electrons. The van der Waals surface area contributed by atoms with Crippen molar-refractivity contribution in [1.82, 2.24) is 10.2 Å². The maximum Gasteiger partial charge on any atom is 0.409 e. The second kappa shape index (κ2) is 11.0. The van der Waals surface area contributed by atoms with E-state index in [2.05, 4.69) is 17.6 Å². The Morgan fingerprint density at radius 1 is 1.00 bits per heavy atom. The van der Waals surface area contributed by atoms with Crippen LogP contribution in [0.25, 0.3) is 0 Å². The van der Waals surface area contributed by atoms with Crippen molar-refractivity contribution in [2.75, 3.05) is 31.6 Å². The van der Waals surface area contributed by atoms with Gasteiger partial charge in [0.2, 0.25) is 5.91 Å². The minimum absolute atomic E-state index is 0.110. The molecule has 7 nitrogen and oxygen atoms in total. The maximum absolute atomic E-state index is 12.4. The molecule has 0 aliphatic carbocycles. The number of carbonyl (C=O) groups is 2. The van der Waals surface area contributed by atoms with Crippen molar-refractivity contribution < 1.29 is 19.1 Å². The molecule has 1 fully saturated rings. The van der Waals surface area contributed by atoms with E-state index in [1.54, 1.807) is 4.90 Å². The topological polar surface area (TPSA) is 79.9 Å². The first-order valence-corrected chi connectivity index (χ1v) is 11.1. The number of amides is 2. The van der Waals surface area contributed by atoms with Gasteiger partial charge in [0.05, 0.1) is 13.2 Å². The van der Waals surface area contributed by atoms with E-state index in [1.165, 1.54) is 0 Å². The van der Waals surface area contributed by atoms with E-state index in [-0.39, 0.29) is 24.1 Å². The molecule has 1 aliphatic heterocycles. The molecule has 2 N–H and O–H groups in total. The number of piperidine rings is 1. The lowest BCUT2D eigenvalue weighted by Gasteiger charge is -2.39. The Morgan fingerprint density at radius 3 is 2.25 bits per heavy atom. The highest BCUT2D eigenvalue weighted by Gasteiger charge is 2.32. The van der Waals surface area contributed by atoms with Crippen LogP contribution in [0.2, 0.25) is 0 Å². The number of benzene rings is 2. The lowest BCUT2D eigenvalue weighted by Crippen LogP contribution is -2.54. The summed E-state index contributed by atoms with van der Waals surface area (Å²) in [5.41, 5.74) is 0.518. The number of para-hydroxylation sites is 1. The SMILES string of the molecule is CC(C)COC(=O)N1CCC(C)(NCC(=O)Nc2ccc(Oc3ccccc3)cc2)CC1. The second-order valence-electron chi connectivity index (χ2n) is 8.86. The van der Waals surface area contributed by atoms with Crippen LogP contribution in [0.5, 0.6) is 11.5 Å². The Balaban J connectivity index is 1.40. The van der Waals surface area contributed by atoms with E-state index in [0.29, 0.717) is 37.1 Å². The highest BCUT2D eigenvalue weighted by atomic mass is 16.6. The number of nitrogens with zero attached hydrogens (tertiary/aromatic N) is 1. The summed E-state index contributed by atoms with van der Waals surface area (Å²) in [5.74, 6) is 1.68. The van der Waals surface area contributed by atoms with E-state index in [9.17, 15) is 9.59 Å². The normalized spacial score (nSPS) is 15.3. The first-order valence-electron chi connectivity index (χ1n) is 11.1. The molecule has 1 saturated heterocycles. The van der Waals surface area contributed by atoms with E-state index < -0.39 is 0 Å². The summed E-state index contributed by atoms with van der Waals surface area (Å²) in [4.78, 5) is 26.3. The van der Waals surface area contributed by atoms with Gasteiger partial charge in [-0.1, -0.05) is 32.0 Å². The average Bonchev–Trinajstić information content (AvgIpc) is 2.79. The number of rotatable bonds is 8. The van der Waals surface area contributed by atoms with Gasteiger partial charge in [-0.25, -0.2) is 4.79 Å². The number of likely N-dealkylation sites (tertiary alicyclic amines) is 1. The van der Waals surface area contributed by atoms with Crippen molar-refractivity contribution in [1.29, 1.82) is 0 Å². The quantitative estimate of drug-likeness (QED) is 0.626. The van der Waals surface area contributed by atoms with Crippen molar-refractivity contribution in [2.24, 2.45) is 5.92 Å². The van der Waals surface area contributed by atoms with Crippen molar-refractivity contribution in [3.63, 3.8) is 0 Å². The predicted molar refractivity (Wildman–Crippen MR) is 125 cm³/mol. The van der Waals surface area contributed by atoms with Crippen molar-refractivity contribution >= 4 is 17.7 Å². The molecule has 0 spiro atoms. The second-order valence-corrected chi connectivity index (χ2v) is 8.86. The zero-order valence-corrected chi connectivity index (χ0v) is 19.1. The van der Waals surface area contributed by atoms with Gasteiger partial charge < -0.3 is 25.0 Å². The van der Waals surface area contributed by atoms with Crippen molar-refractivity contribution in [2.45, 2.75) is 39.2 Å². The number of nitrogens with one attached hydrogen (secondary N) is 2. The van der Waals surface area contributed by atoms with Gasteiger partial charge in [-0.15, -0.1) is 0 Å². The Kier molecular flexibility index (Phi) is 8.11. The zero-order chi connectivity index (χ0) is 23.0. The van der Waals surface area contributed by atoms with Crippen LogP contribution in [0.15, 0.2) is 54.6 Å². The van der Waals surface area contributed by atoms with Crippen LogP contribution in [0, 0.1) is 5.92 Å².